The number of hydrogen-bond acceptors (Lipinski definition) is 5. The summed E-state index contributed by atoms with van der Waals surface area (Å²) >= 11 is 0. The van der Waals surface area contributed by atoms with Crippen molar-refractivity contribution in [1.29, 1.82) is 0 Å². The molecule has 1 saturated heterocycles. The number of rotatable bonds is 6. The van der Waals surface area contributed by atoms with Gasteiger partial charge in [0.15, 0.2) is 0 Å². The third-order valence-corrected chi connectivity index (χ3v) is 7.13. The van der Waals surface area contributed by atoms with Gasteiger partial charge >= 0.3 is 5.97 Å². The monoisotopic (exact) mass is 430 g/mol. The second-order valence-corrected chi connectivity index (χ2v) is 9.18. The highest BCUT2D eigenvalue weighted by atomic mass is 32.2. The lowest BCUT2D eigenvalue weighted by molar-refractivity contribution is 0.0525. The number of carbonyl (C=O) groups is 2. The molecule has 8 heteroatoms. The average molecular weight is 431 g/mol. The van der Waals surface area contributed by atoms with Crippen LogP contribution >= 0.6 is 0 Å². The Kier molecular flexibility index (Phi) is 6.58. The van der Waals surface area contributed by atoms with Crippen molar-refractivity contribution >= 4 is 27.6 Å². The van der Waals surface area contributed by atoms with E-state index in [4.69, 9.17) is 4.74 Å². The van der Waals surface area contributed by atoms with E-state index in [0.717, 1.165) is 12.8 Å². The van der Waals surface area contributed by atoms with Gasteiger partial charge in [0.25, 0.3) is 5.91 Å². The first-order valence-electron chi connectivity index (χ1n) is 9.94. The number of anilines is 1. The van der Waals surface area contributed by atoms with E-state index in [-0.39, 0.29) is 17.1 Å². The average Bonchev–Trinajstić information content (AvgIpc) is 3.25. The zero-order valence-electron chi connectivity index (χ0n) is 17.4. The molecule has 0 atom stereocenters. The van der Waals surface area contributed by atoms with Crippen molar-refractivity contribution in [2.75, 3.05) is 25.0 Å². The number of benzene rings is 2. The zero-order valence-corrected chi connectivity index (χ0v) is 18.2. The van der Waals surface area contributed by atoms with Crippen LogP contribution < -0.4 is 5.32 Å². The number of ether oxygens (including phenoxy) is 1. The molecule has 2 aromatic rings. The Labute approximate surface area is 177 Å². The molecule has 160 valence electrons. The largest absolute Gasteiger partial charge is 0.462 e. The summed E-state index contributed by atoms with van der Waals surface area (Å²) in [7, 11) is -3.62. The second kappa shape index (κ2) is 8.97. The third kappa shape index (κ3) is 4.39. The molecule has 1 aliphatic heterocycles. The molecule has 1 amide bonds. The van der Waals surface area contributed by atoms with Crippen LogP contribution in [-0.4, -0.2) is 44.3 Å². The number of nitrogens with one attached hydrogen (secondary N) is 1. The van der Waals surface area contributed by atoms with E-state index in [9.17, 15) is 18.0 Å². The van der Waals surface area contributed by atoms with E-state index < -0.39 is 21.9 Å². The van der Waals surface area contributed by atoms with Gasteiger partial charge in [-0.3, -0.25) is 4.79 Å². The van der Waals surface area contributed by atoms with Gasteiger partial charge in [0.1, 0.15) is 0 Å². The Bertz CT molecular complexity index is 1070. The van der Waals surface area contributed by atoms with E-state index in [1.807, 2.05) is 0 Å². The Morgan fingerprint density at radius 1 is 1.07 bits per heavy atom. The van der Waals surface area contributed by atoms with Gasteiger partial charge < -0.3 is 10.1 Å². The van der Waals surface area contributed by atoms with Gasteiger partial charge in [0.2, 0.25) is 10.0 Å². The van der Waals surface area contributed by atoms with Gasteiger partial charge in [0.05, 0.1) is 17.1 Å². The SMILES string of the molecule is CCOC(=O)c1cccc(NC(=O)c2cc(S(=O)(=O)N3CCCC3)ccc2C)c1C. The van der Waals surface area contributed by atoms with Gasteiger partial charge in [-0.05, 0) is 69.0 Å². The number of aryl methyl sites for hydroxylation is 1. The first-order valence-corrected chi connectivity index (χ1v) is 11.4. The highest BCUT2D eigenvalue weighted by Crippen LogP contribution is 2.25. The van der Waals surface area contributed by atoms with Crippen molar-refractivity contribution in [3.8, 4) is 0 Å². The predicted molar refractivity (Wildman–Crippen MR) is 114 cm³/mol. The predicted octanol–water partition coefficient (Wildman–Crippen LogP) is 3.52. The Balaban J connectivity index is 1.89. The van der Waals surface area contributed by atoms with Crippen molar-refractivity contribution in [3.05, 3.63) is 58.7 Å². The van der Waals surface area contributed by atoms with E-state index in [1.165, 1.54) is 16.4 Å². The standard InChI is InChI=1S/C22H26N2O5S/c1-4-29-22(26)18-8-7-9-20(16(18)3)23-21(25)19-14-17(11-10-15(19)2)30(27,28)24-12-5-6-13-24/h7-11,14H,4-6,12-13H2,1-3H3,(H,23,25). The van der Waals surface area contributed by atoms with Crippen LogP contribution in [0.3, 0.4) is 0 Å². The second-order valence-electron chi connectivity index (χ2n) is 7.24. The normalized spacial score (nSPS) is 14.5. The number of esters is 1. The first-order chi connectivity index (χ1) is 14.3. The topological polar surface area (TPSA) is 92.8 Å². The fourth-order valence-electron chi connectivity index (χ4n) is 3.47. The molecule has 1 aliphatic rings. The van der Waals surface area contributed by atoms with Gasteiger partial charge in [-0.15, -0.1) is 0 Å². The van der Waals surface area contributed by atoms with E-state index in [1.54, 1.807) is 45.0 Å². The molecule has 1 fully saturated rings. The molecule has 1 heterocycles. The van der Waals surface area contributed by atoms with Crippen molar-refractivity contribution in [2.24, 2.45) is 0 Å². The Morgan fingerprint density at radius 2 is 1.77 bits per heavy atom. The lowest BCUT2D eigenvalue weighted by atomic mass is 10.1. The molecule has 1 N–H and O–H groups in total. The van der Waals surface area contributed by atoms with Gasteiger partial charge in [-0.1, -0.05) is 12.1 Å². The van der Waals surface area contributed by atoms with E-state index >= 15 is 0 Å². The molecule has 0 aliphatic carbocycles. The molecule has 3 rings (SSSR count). The smallest absolute Gasteiger partial charge is 0.338 e. The fourth-order valence-corrected chi connectivity index (χ4v) is 5.02. The molecule has 0 aromatic heterocycles. The quantitative estimate of drug-likeness (QED) is 0.708. The lowest BCUT2D eigenvalue weighted by Gasteiger charge is -2.17. The molecule has 0 saturated carbocycles. The molecular weight excluding hydrogens is 404 g/mol. The maximum atomic E-state index is 13.0. The minimum atomic E-state index is -3.62. The first kappa shape index (κ1) is 22.0. The molecule has 0 bridgehead atoms. The number of amides is 1. The van der Waals surface area contributed by atoms with Crippen molar-refractivity contribution in [1.82, 2.24) is 4.31 Å². The van der Waals surface area contributed by atoms with Gasteiger partial charge in [-0.25, -0.2) is 13.2 Å². The fraction of sp³-hybridized carbons (Fsp3) is 0.364. The van der Waals surface area contributed by atoms with Crippen molar-refractivity contribution < 1.29 is 22.7 Å². The number of sulfonamides is 1. The number of nitrogens with zero attached hydrogens (tertiary/aromatic N) is 1. The van der Waals surface area contributed by atoms with Gasteiger partial charge in [-0.2, -0.15) is 4.31 Å². The maximum Gasteiger partial charge on any atom is 0.338 e. The molecule has 30 heavy (non-hydrogen) atoms. The van der Waals surface area contributed by atoms with Crippen LogP contribution in [0.1, 0.15) is 51.6 Å². The molecule has 0 unspecified atom stereocenters. The van der Waals surface area contributed by atoms with E-state index in [2.05, 4.69) is 5.32 Å². The van der Waals surface area contributed by atoms with Crippen LogP contribution in [0, 0.1) is 13.8 Å². The minimum absolute atomic E-state index is 0.108. The third-order valence-electron chi connectivity index (χ3n) is 5.23. The molecular formula is C22H26N2O5S. The maximum absolute atomic E-state index is 13.0. The van der Waals surface area contributed by atoms with Crippen LogP contribution in [0.25, 0.3) is 0 Å². The Hall–Kier alpha value is -2.71. The summed E-state index contributed by atoms with van der Waals surface area (Å²) in [5, 5.41) is 2.80. The molecule has 0 spiro atoms. The summed E-state index contributed by atoms with van der Waals surface area (Å²) in [4.78, 5) is 25.2. The summed E-state index contributed by atoms with van der Waals surface area (Å²) in [5.41, 5.74) is 2.36. The molecule has 2 aromatic carbocycles. The molecule has 0 radical (unpaired) electrons. The highest BCUT2D eigenvalue weighted by molar-refractivity contribution is 7.89. The molecule has 7 nitrogen and oxygen atoms in total. The summed E-state index contributed by atoms with van der Waals surface area (Å²) < 4.78 is 32.2. The minimum Gasteiger partial charge on any atom is -0.462 e. The number of carbonyl (C=O) groups excluding carboxylic acids is 2. The summed E-state index contributed by atoms with van der Waals surface area (Å²) in [6.45, 7) is 6.46. The summed E-state index contributed by atoms with van der Waals surface area (Å²) in [6, 6.07) is 9.58. The van der Waals surface area contributed by atoms with Crippen molar-refractivity contribution in [2.45, 2.75) is 38.5 Å². The summed E-state index contributed by atoms with van der Waals surface area (Å²) in [5.74, 6) is -0.893. The van der Waals surface area contributed by atoms with Crippen LogP contribution in [0.4, 0.5) is 5.69 Å². The van der Waals surface area contributed by atoms with E-state index in [0.29, 0.717) is 35.5 Å². The zero-order chi connectivity index (χ0) is 21.9. The Morgan fingerprint density at radius 3 is 2.43 bits per heavy atom. The van der Waals surface area contributed by atoms with Crippen LogP contribution in [0.2, 0.25) is 0 Å². The number of hydrogen-bond donors (Lipinski definition) is 1. The lowest BCUT2D eigenvalue weighted by Crippen LogP contribution is -2.28. The van der Waals surface area contributed by atoms with Crippen LogP contribution in [0.15, 0.2) is 41.3 Å². The highest BCUT2D eigenvalue weighted by Gasteiger charge is 2.28. The van der Waals surface area contributed by atoms with Crippen LogP contribution in [-0.2, 0) is 14.8 Å². The van der Waals surface area contributed by atoms with Gasteiger partial charge in [0, 0.05) is 24.3 Å². The summed E-state index contributed by atoms with van der Waals surface area (Å²) in [6.07, 6.45) is 1.68. The van der Waals surface area contributed by atoms with Crippen molar-refractivity contribution in [3.63, 3.8) is 0 Å². The van der Waals surface area contributed by atoms with Crippen LogP contribution in [0.5, 0.6) is 0 Å².